The van der Waals surface area contributed by atoms with Gasteiger partial charge in [-0.25, -0.2) is 0 Å². The first-order valence-electron chi connectivity index (χ1n) is 6.47. The standard InChI is InChI=1S/C15H17ClO2/c16-13-7-15(6-12(13)14(17)8-15)10-18-9-11-4-2-1-3-5-11/h1-5,12-13H,6-10H2/t12-,13-,15-/m0/s1. The Balaban J connectivity index is 1.56. The molecule has 3 atom stereocenters. The van der Waals surface area contributed by atoms with Crippen molar-refractivity contribution in [3.8, 4) is 0 Å². The van der Waals surface area contributed by atoms with Crippen LogP contribution in [0.2, 0.25) is 0 Å². The largest absolute Gasteiger partial charge is 0.376 e. The highest BCUT2D eigenvalue weighted by atomic mass is 35.5. The van der Waals surface area contributed by atoms with Crippen LogP contribution < -0.4 is 0 Å². The van der Waals surface area contributed by atoms with Crippen LogP contribution in [0.5, 0.6) is 0 Å². The SMILES string of the molecule is O=C1C[C@]2(COCc3ccccc3)C[C@H]1[C@@H](Cl)C2. The van der Waals surface area contributed by atoms with Crippen molar-refractivity contribution in [2.45, 2.75) is 31.2 Å². The van der Waals surface area contributed by atoms with E-state index in [2.05, 4.69) is 12.1 Å². The quantitative estimate of drug-likeness (QED) is 0.781. The first kappa shape index (κ1) is 12.2. The molecule has 3 rings (SSSR count). The van der Waals surface area contributed by atoms with E-state index in [1.807, 2.05) is 18.2 Å². The molecular weight excluding hydrogens is 248 g/mol. The zero-order valence-electron chi connectivity index (χ0n) is 10.3. The molecule has 2 bridgehead atoms. The third kappa shape index (κ3) is 2.19. The van der Waals surface area contributed by atoms with Gasteiger partial charge in [0.15, 0.2) is 0 Å². The molecule has 0 aromatic heterocycles. The van der Waals surface area contributed by atoms with Crippen LogP contribution in [-0.4, -0.2) is 17.8 Å². The molecule has 0 radical (unpaired) electrons. The molecule has 2 fully saturated rings. The van der Waals surface area contributed by atoms with Crippen molar-refractivity contribution in [1.29, 1.82) is 0 Å². The third-order valence-corrected chi connectivity index (χ3v) is 4.66. The van der Waals surface area contributed by atoms with Gasteiger partial charge in [0.1, 0.15) is 5.78 Å². The number of rotatable bonds is 4. The lowest BCUT2D eigenvalue weighted by molar-refractivity contribution is -0.122. The highest BCUT2D eigenvalue weighted by molar-refractivity contribution is 6.23. The predicted octanol–water partition coefficient (Wildman–Crippen LogP) is 3.18. The summed E-state index contributed by atoms with van der Waals surface area (Å²) in [6.45, 7) is 1.28. The van der Waals surface area contributed by atoms with Gasteiger partial charge in [0.2, 0.25) is 0 Å². The van der Waals surface area contributed by atoms with Crippen molar-refractivity contribution in [3.05, 3.63) is 35.9 Å². The topological polar surface area (TPSA) is 26.3 Å². The summed E-state index contributed by atoms with van der Waals surface area (Å²) in [6.07, 6.45) is 2.52. The molecule has 2 nitrogen and oxygen atoms in total. The summed E-state index contributed by atoms with van der Waals surface area (Å²) in [6, 6.07) is 10.1. The second kappa shape index (κ2) is 4.67. The lowest BCUT2D eigenvalue weighted by Crippen LogP contribution is -2.28. The van der Waals surface area contributed by atoms with Gasteiger partial charge in [0.25, 0.3) is 0 Å². The van der Waals surface area contributed by atoms with Gasteiger partial charge in [0, 0.05) is 23.1 Å². The Morgan fingerprint density at radius 2 is 2.06 bits per heavy atom. The zero-order valence-corrected chi connectivity index (χ0v) is 11.0. The zero-order chi connectivity index (χ0) is 12.6. The number of alkyl halides is 1. The molecule has 0 saturated heterocycles. The number of fused-ring (bicyclic) bond motifs is 2. The first-order valence-corrected chi connectivity index (χ1v) is 6.91. The summed E-state index contributed by atoms with van der Waals surface area (Å²) in [5.74, 6) is 0.427. The van der Waals surface area contributed by atoms with E-state index in [9.17, 15) is 4.79 Å². The number of carbonyl (C=O) groups is 1. The molecule has 0 unspecified atom stereocenters. The number of ether oxygens (including phenoxy) is 1. The van der Waals surface area contributed by atoms with Gasteiger partial charge >= 0.3 is 0 Å². The summed E-state index contributed by atoms with van der Waals surface area (Å²) in [5, 5.41) is 0.0339. The van der Waals surface area contributed by atoms with Crippen molar-refractivity contribution in [1.82, 2.24) is 0 Å². The number of carbonyl (C=O) groups excluding carboxylic acids is 1. The van der Waals surface area contributed by atoms with Gasteiger partial charge in [-0.2, -0.15) is 0 Å². The minimum absolute atomic E-state index is 0.0307. The maximum atomic E-state index is 11.7. The number of hydrogen-bond acceptors (Lipinski definition) is 2. The molecule has 18 heavy (non-hydrogen) atoms. The van der Waals surface area contributed by atoms with Crippen LogP contribution in [0.15, 0.2) is 30.3 Å². The van der Waals surface area contributed by atoms with E-state index in [1.54, 1.807) is 0 Å². The molecule has 2 aliphatic rings. The molecular formula is C15H17ClO2. The van der Waals surface area contributed by atoms with Crippen LogP contribution in [0.1, 0.15) is 24.8 Å². The summed E-state index contributed by atoms with van der Waals surface area (Å²) in [7, 11) is 0. The van der Waals surface area contributed by atoms with Crippen LogP contribution in [-0.2, 0) is 16.1 Å². The average Bonchev–Trinajstić information content (AvgIpc) is 2.83. The molecule has 2 aliphatic carbocycles. The molecule has 0 heterocycles. The molecule has 2 saturated carbocycles. The molecule has 1 aromatic rings. The number of benzene rings is 1. The maximum Gasteiger partial charge on any atom is 0.138 e. The fourth-order valence-corrected chi connectivity index (χ4v) is 3.88. The molecule has 0 aliphatic heterocycles. The smallest absolute Gasteiger partial charge is 0.138 e. The van der Waals surface area contributed by atoms with Crippen molar-refractivity contribution in [2.75, 3.05) is 6.61 Å². The van der Waals surface area contributed by atoms with Gasteiger partial charge in [-0.15, -0.1) is 11.6 Å². The Labute approximate surface area is 112 Å². The van der Waals surface area contributed by atoms with Crippen LogP contribution in [0, 0.1) is 11.3 Å². The van der Waals surface area contributed by atoms with Gasteiger partial charge in [0.05, 0.1) is 13.2 Å². The van der Waals surface area contributed by atoms with Crippen LogP contribution in [0.4, 0.5) is 0 Å². The third-order valence-electron chi connectivity index (χ3n) is 4.20. The monoisotopic (exact) mass is 264 g/mol. The molecule has 0 N–H and O–H groups in total. The van der Waals surface area contributed by atoms with E-state index in [1.165, 1.54) is 5.56 Å². The number of Topliss-reactive ketones (excluding diaryl/α,β-unsaturated/α-hetero) is 1. The summed E-state index contributed by atoms with van der Waals surface area (Å²) >= 11 is 6.21. The minimum Gasteiger partial charge on any atom is -0.376 e. The minimum atomic E-state index is 0.0307. The Kier molecular flexibility index (Phi) is 3.16. The number of halogens is 1. The molecule has 1 aromatic carbocycles. The van der Waals surface area contributed by atoms with Gasteiger partial charge in [-0.05, 0) is 18.4 Å². The van der Waals surface area contributed by atoms with Crippen LogP contribution in [0.3, 0.4) is 0 Å². The maximum absolute atomic E-state index is 11.7. The predicted molar refractivity (Wildman–Crippen MR) is 70.5 cm³/mol. The van der Waals surface area contributed by atoms with E-state index < -0.39 is 0 Å². The second-order valence-electron chi connectivity index (χ2n) is 5.65. The van der Waals surface area contributed by atoms with E-state index in [4.69, 9.17) is 16.3 Å². The summed E-state index contributed by atoms with van der Waals surface area (Å²) in [5.41, 5.74) is 1.21. The highest BCUT2D eigenvalue weighted by Crippen LogP contribution is 2.54. The first-order chi connectivity index (χ1) is 8.69. The molecule has 0 amide bonds. The lowest BCUT2D eigenvalue weighted by atomic mass is 9.85. The number of ketones is 1. The normalized spacial score (nSPS) is 34.2. The van der Waals surface area contributed by atoms with Crippen LogP contribution in [0.25, 0.3) is 0 Å². The lowest BCUT2D eigenvalue weighted by Gasteiger charge is -2.26. The Morgan fingerprint density at radius 1 is 1.28 bits per heavy atom. The fraction of sp³-hybridized carbons (Fsp3) is 0.533. The van der Waals surface area contributed by atoms with Gasteiger partial charge < -0.3 is 4.74 Å². The summed E-state index contributed by atoms with van der Waals surface area (Å²) in [4.78, 5) is 11.7. The van der Waals surface area contributed by atoms with Crippen molar-refractivity contribution >= 4 is 17.4 Å². The van der Waals surface area contributed by atoms with Gasteiger partial charge in [-0.3, -0.25) is 4.79 Å². The van der Waals surface area contributed by atoms with E-state index >= 15 is 0 Å². The van der Waals surface area contributed by atoms with Crippen molar-refractivity contribution < 1.29 is 9.53 Å². The van der Waals surface area contributed by atoms with Gasteiger partial charge in [-0.1, -0.05) is 30.3 Å². The Morgan fingerprint density at radius 3 is 2.72 bits per heavy atom. The van der Waals surface area contributed by atoms with E-state index in [0.717, 1.165) is 12.8 Å². The molecule has 96 valence electrons. The van der Waals surface area contributed by atoms with Crippen LogP contribution >= 0.6 is 11.6 Å². The Hall–Kier alpha value is -0.860. The number of hydrogen-bond donors (Lipinski definition) is 0. The fourth-order valence-electron chi connectivity index (χ4n) is 3.32. The van der Waals surface area contributed by atoms with E-state index in [0.29, 0.717) is 25.4 Å². The molecule has 0 spiro atoms. The van der Waals surface area contributed by atoms with E-state index in [-0.39, 0.29) is 16.7 Å². The molecule has 3 heteroatoms. The van der Waals surface area contributed by atoms with Crippen molar-refractivity contribution in [2.24, 2.45) is 11.3 Å². The van der Waals surface area contributed by atoms with Crippen molar-refractivity contribution in [3.63, 3.8) is 0 Å². The second-order valence-corrected chi connectivity index (χ2v) is 6.21. The average molecular weight is 265 g/mol. The highest BCUT2D eigenvalue weighted by Gasteiger charge is 2.54. The summed E-state index contributed by atoms with van der Waals surface area (Å²) < 4.78 is 5.81. The Bertz CT molecular complexity index is 445.